The lowest BCUT2D eigenvalue weighted by Crippen LogP contribution is -2.54. The summed E-state index contributed by atoms with van der Waals surface area (Å²) in [6, 6.07) is 9.58. The average Bonchev–Trinajstić information content (AvgIpc) is 3.15. The van der Waals surface area contributed by atoms with Gasteiger partial charge in [0.15, 0.2) is 12.1 Å². The highest BCUT2D eigenvalue weighted by atomic mass is 16.7. The molecule has 1 aromatic carbocycles. The Labute approximate surface area is 156 Å². The third-order valence-corrected chi connectivity index (χ3v) is 5.16. The van der Waals surface area contributed by atoms with E-state index in [1.165, 1.54) is 13.8 Å². The first-order chi connectivity index (χ1) is 13.0. The summed E-state index contributed by atoms with van der Waals surface area (Å²) >= 11 is 0. The van der Waals surface area contributed by atoms with Crippen LogP contribution in [0.25, 0.3) is 0 Å². The molecule has 2 aliphatic heterocycles. The van der Waals surface area contributed by atoms with Crippen LogP contribution in [-0.2, 0) is 33.3 Å². The fraction of sp³-hybridized carbons (Fsp3) is 0.450. The molecular weight excluding hydrogens is 352 g/mol. The Morgan fingerprint density at radius 1 is 1.04 bits per heavy atom. The molecule has 0 bridgehead atoms. The lowest BCUT2D eigenvalue weighted by atomic mass is 9.81. The van der Waals surface area contributed by atoms with E-state index in [-0.39, 0.29) is 24.4 Å². The monoisotopic (exact) mass is 372 g/mol. The molecule has 7 heteroatoms. The van der Waals surface area contributed by atoms with Crippen LogP contribution in [0.3, 0.4) is 0 Å². The zero-order valence-electron chi connectivity index (χ0n) is 15.0. The standard InChI is InChI=1S/C20H20O7/c1-10(21)24-9-15-19(25-11(2)22)17-14(23)8-13-16(17)20(26-15)27-18(13)12-6-4-3-5-7-12/h3-8,15-20H,9H2,1-2H3/t15?,16-,17+,18?,19-,20-/m1/s1. The van der Waals surface area contributed by atoms with Crippen LogP contribution in [0.2, 0.25) is 0 Å². The van der Waals surface area contributed by atoms with Crippen molar-refractivity contribution < 1.29 is 33.3 Å². The van der Waals surface area contributed by atoms with Crippen LogP contribution in [0.5, 0.6) is 0 Å². The number of carbonyl (C=O) groups excluding carboxylic acids is 3. The molecule has 142 valence electrons. The first-order valence-corrected chi connectivity index (χ1v) is 8.87. The second-order valence-corrected chi connectivity index (χ2v) is 6.94. The van der Waals surface area contributed by atoms with E-state index in [4.69, 9.17) is 18.9 Å². The molecule has 4 rings (SSSR count). The van der Waals surface area contributed by atoms with Crippen molar-refractivity contribution in [2.24, 2.45) is 11.8 Å². The van der Waals surface area contributed by atoms with Crippen molar-refractivity contribution in [3.05, 3.63) is 47.5 Å². The van der Waals surface area contributed by atoms with Gasteiger partial charge in [-0.25, -0.2) is 0 Å². The van der Waals surface area contributed by atoms with Crippen molar-refractivity contribution in [2.45, 2.75) is 38.4 Å². The first kappa shape index (κ1) is 17.9. The van der Waals surface area contributed by atoms with Crippen molar-refractivity contribution in [2.75, 3.05) is 6.61 Å². The average molecular weight is 372 g/mol. The van der Waals surface area contributed by atoms with Gasteiger partial charge in [0.1, 0.15) is 24.9 Å². The maximum Gasteiger partial charge on any atom is 0.303 e. The maximum absolute atomic E-state index is 12.8. The molecule has 0 N–H and O–H groups in total. The highest BCUT2D eigenvalue weighted by molar-refractivity contribution is 5.97. The van der Waals surface area contributed by atoms with Crippen molar-refractivity contribution >= 4 is 17.7 Å². The number of carbonyl (C=O) groups is 3. The minimum atomic E-state index is -0.831. The Balaban J connectivity index is 1.65. The van der Waals surface area contributed by atoms with E-state index >= 15 is 0 Å². The zero-order chi connectivity index (χ0) is 19.1. The van der Waals surface area contributed by atoms with Gasteiger partial charge in [0.05, 0.1) is 5.92 Å². The normalized spacial score (nSPS) is 34.0. The lowest BCUT2D eigenvalue weighted by molar-refractivity contribution is -0.254. The van der Waals surface area contributed by atoms with Crippen molar-refractivity contribution in [1.29, 1.82) is 0 Å². The first-order valence-electron chi connectivity index (χ1n) is 8.87. The van der Waals surface area contributed by atoms with E-state index in [2.05, 4.69) is 0 Å². The quantitative estimate of drug-likeness (QED) is 0.744. The zero-order valence-corrected chi connectivity index (χ0v) is 15.0. The molecule has 0 amide bonds. The number of rotatable bonds is 4. The third kappa shape index (κ3) is 3.17. The SMILES string of the molecule is CC(=O)OCC1O[C@@H]2OC(c3ccccc3)C3=CC(=O)[C@@H]([C@@H]32)[C@@H]1OC(C)=O. The Bertz CT molecular complexity index is 800. The molecule has 2 fully saturated rings. The number of hydrogen-bond donors (Lipinski definition) is 0. The molecule has 0 saturated carbocycles. The van der Waals surface area contributed by atoms with E-state index in [0.29, 0.717) is 0 Å². The summed E-state index contributed by atoms with van der Waals surface area (Å²) in [4.78, 5) is 35.6. The van der Waals surface area contributed by atoms with Crippen LogP contribution < -0.4 is 0 Å². The number of ketones is 1. The highest BCUT2D eigenvalue weighted by Gasteiger charge is 2.60. The molecule has 3 aliphatic rings. The Hall–Kier alpha value is -2.51. The van der Waals surface area contributed by atoms with Crippen LogP contribution in [-0.4, -0.2) is 42.8 Å². The third-order valence-electron chi connectivity index (χ3n) is 5.16. The highest BCUT2D eigenvalue weighted by Crippen LogP contribution is 2.53. The molecule has 0 spiro atoms. The molecule has 1 aromatic rings. The second-order valence-electron chi connectivity index (χ2n) is 6.94. The van der Waals surface area contributed by atoms with Gasteiger partial charge in [-0.05, 0) is 17.2 Å². The van der Waals surface area contributed by atoms with Gasteiger partial charge in [0.25, 0.3) is 0 Å². The second kappa shape index (κ2) is 6.90. The number of allylic oxidation sites excluding steroid dienone is 1. The van der Waals surface area contributed by atoms with E-state index < -0.39 is 36.4 Å². The molecule has 2 unspecified atom stereocenters. The molecular formula is C20H20O7. The number of hydrogen-bond acceptors (Lipinski definition) is 7. The van der Waals surface area contributed by atoms with Crippen LogP contribution in [0.1, 0.15) is 25.5 Å². The fourth-order valence-corrected chi connectivity index (χ4v) is 4.15. The Kier molecular flexibility index (Phi) is 4.57. The lowest BCUT2D eigenvalue weighted by Gasteiger charge is -2.40. The van der Waals surface area contributed by atoms with Crippen LogP contribution in [0.4, 0.5) is 0 Å². The van der Waals surface area contributed by atoms with Gasteiger partial charge < -0.3 is 18.9 Å². The van der Waals surface area contributed by atoms with E-state index in [0.717, 1.165) is 11.1 Å². The van der Waals surface area contributed by atoms with Gasteiger partial charge in [-0.1, -0.05) is 30.3 Å². The van der Waals surface area contributed by atoms with Gasteiger partial charge in [0, 0.05) is 19.8 Å². The van der Waals surface area contributed by atoms with E-state index in [1.54, 1.807) is 6.08 Å². The topological polar surface area (TPSA) is 88.1 Å². The summed E-state index contributed by atoms with van der Waals surface area (Å²) in [6.45, 7) is 2.44. The summed E-state index contributed by atoms with van der Waals surface area (Å²) in [5.41, 5.74) is 1.76. The molecule has 2 heterocycles. The smallest absolute Gasteiger partial charge is 0.303 e. The number of esters is 2. The minimum Gasteiger partial charge on any atom is -0.463 e. The molecule has 1 aliphatic carbocycles. The Morgan fingerprint density at radius 2 is 1.78 bits per heavy atom. The van der Waals surface area contributed by atoms with Crippen LogP contribution in [0, 0.1) is 11.8 Å². The predicted octanol–water partition coefficient (Wildman–Crippen LogP) is 1.72. The van der Waals surface area contributed by atoms with Gasteiger partial charge >= 0.3 is 11.9 Å². The van der Waals surface area contributed by atoms with Gasteiger partial charge in [-0.15, -0.1) is 0 Å². The van der Waals surface area contributed by atoms with Crippen LogP contribution in [0.15, 0.2) is 42.0 Å². The fourth-order valence-electron chi connectivity index (χ4n) is 4.15. The number of ether oxygens (including phenoxy) is 4. The molecule has 6 atom stereocenters. The van der Waals surface area contributed by atoms with Crippen molar-refractivity contribution in [1.82, 2.24) is 0 Å². The largest absolute Gasteiger partial charge is 0.463 e. The molecule has 27 heavy (non-hydrogen) atoms. The van der Waals surface area contributed by atoms with Crippen LogP contribution >= 0.6 is 0 Å². The van der Waals surface area contributed by atoms with E-state index in [1.807, 2.05) is 30.3 Å². The molecule has 0 aromatic heterocycles. The van der Waals surface area contributed by atoms with Gasteiger partial charge in [0.2, 0.25) is 0 Å². The van der Waals surface area contributed by atoms with Gasteiger partial charge in [-0.2, -0.15) is 0 Å². The number of benzene rings is 1. The minimum absolute atomic E-state index is 0.116. The van der Waals surface area contributed by atoms with Gasteiger partial charge in [-0.3, -0.25) is 14.4 Å². The summed E-state index contributed by atoms with van der Waals surface area (Å²) in [5, 5.41) is 0. The summed E-state index contributed by atoms with van der Waals surface area (Å²) in [7, 11) is 0. The summed E-state index contributed by atoms with van der Waals surface area (Å²) in [6.07, 6.45) is -1.07. The maximum atomic E-state index is 12.8. The predicted molar refractivity (Wildman–Crippen MR) is 91.2 cm³/mol. The van der Waals surface area contributed by atoms with E-state index in [9.17, 15) is 14.4 Å². The molecule has 0 radical (unpaired) electrons. The summed E-state index contributed by atoms with van der Waals surface area (Å²) in [5.74, 6) is -2.04. The molecule has 7 nitrogen and oxygen atoms in total. The Morgan fingerprint density at radius 3 is 2.44 bits per heavy atom. The van der Waals surface area contributed by atoms with Crippen molar-refractivity contribution in [3.63, 3.8) is 0 Å². The van der Waals surface area contributed by atoms with Crippen molar-refractivity contribution in [3.8, 4) is 0 Å². The molecule has 2 saturated heterocycles. The summed E-state index contributed by atoms with van der Waals surface area (Å²) < 4.78 is 22.6.